The molecule has 1 atom stereocenters. The van der Waals surface area contributed by atoms with Crippen LogP contribution >= 0.6 is 11.8 Å². The first-order valence-electron chi connectivity index (χ1n) is 8.88. The molecule has 0 saturated heterocycles. The first-order chi connectivity index (χ1) is 13.3. The highest BCUT2D eigenvalue weighted by atomic mass is 32.2. The van der Waals surface area contributed by atoms with Crippen molar-refractivity contribution in [2.24, 2.45) is 0 Å². The predicted octanol–water partition coefficient (Wildman–Crippen LogP) is 3.72. The molecule has 0 saturated carbocycles. The predicted molar refractivity (Wildman–Crippen MR) is 110 cm³/mol. The van der Waals surface area contributed by atoms with Gasteiger partial charge in [0.1, 0.15) is 11.5 Å². The van der Waals surface area contributed by atoms with Crippen molar-refractivity contribution in [3.8, 4) is 11.5 Å². The number of sulfonamides is 1. The van der Waals surface area contributed by atoms with Crippen LogP contribution in [0.1, 0.15) is 20.8 Å². The van der Waals surface area contributed by atoms with Crippen LogP contribution in [-0.4, -0.2) is 32.8 Å². The van der Waals surface area contributed by atoms with Crippen molar-refractivity contribution < 1.29 is 22.7 Å². The lowest BCUT2D eigenvalue weighted by atomic mass is 10.3. The van der Waals surface area contributed by atoms with Crippen LogP contribution in [-0.2, 0) is 14.8 Å². The minimum Gasteiger partial charge on any atom is -0.494 e. The normalized spacial score (nSPS) is 16.1. The van der Waals surface area contributed by atoms with E-state index in [4.69, 9.17) is 9.47 Å². The Morgan fingerprint density at radius 2 is 1.86 bits per heavy atom. The number of thioether (sulfide) groups is 1. The molecular weight excluding hydrogens is 400 g/mol. The maximum absolute atomic E-state index is 12.9. The molecule has 0 spiro atoms. The van der Waals surface area contributed by atoms with E-state index in [1.165, 1.54) is 23.9 Å². The molecule has 2 aromatic carbocycles. The van der Waals surface area contributed by atoms with Gasteiger partial charge in [0.15, 0.2) is 0 Å². The number of hydrogen-bond acceptors (Lipinski definition) is 6. The number of anilines is 2. The molecule has 0 bridgehead atoms. The average Bonchev–Trinajstić information content (AvgIpc) is 2.64. The van der Waals surface area contributed by atoms with E-state index in [9.17, 15) is 13.2 Å². The molecule has 3 rings (SSSR count). The number of ether oxygens (including phenoxy) is 2. The molecule has 150 valence electrons. The van der Waals surface area contributed by atoms with Gasteiger partial charge in [0.05, 0.1) is 34.7 Å². The van der Waals surface area contributed by atoms with E-state index in [2.05, 4.69) is 10.0 Å². The molecule has 0 aliphatic carbocycles. The number of carbonyl (C=O) groups excluding carboxylic acids is 1. The van der Waals surface area contributed by atoms with Gasteiger partial charge in [0, 0.05) is 11.0 Å². The Hall–Kier alpha value is -2.39. The molecule has 1 aliphatic rings. The van der Waals surface area contributed by atoms with Gasteiger partial charge in [0.25, 0.3) is 10.0 Å². The van der Waals surface area contributed by atoms with E-state index < -0.39 is 10.0 Å². The molecule has 0 fully saturated rings. The Labute approximate surface area is 168 Å². The lowest BCUT2D eigenvalue weighted by Gasteiger charge is -2.22. The van der Waals surface area contributed by atoms with Crippen LogP contribution in [0.15, 0.2) is 46.2 Å². The number of nitrogens with one attached hydrogen (secondary N) is 2. The number of fused-ring (bicyclic) bond motifs is 1. The summed E-state index contributed by atoms with van der Waals surface area (Å²) in [6.45, 7) is 6.32. The topological polar surface area (TPSA) is 93.7 Å². The quantitative estimate of drug-likeness (QED) is 0.706. The van der Waals surface area contributed by atoms with Crippen LogP contribution in [0.4, 0.5) is 11.4 Å². The first-order valence-corrected chi connectivity index (χ1v) is 11.2. The smallest absolute Gasteiger partial charge is 0.262 e. The second-order valence-corrected chi connectivity index (χ2v) is 9.10. The zero-order valence-electron chi connectivity index (χ0n) is 15.8. The maximum atomic E-state index is 12.9. The van der Waals surface area contributed by atoms with E-state index in [1.807, 2.05) is 13.8 Å². The van der Waals surface area contributed by atoms with Gasteiger partial charge in [-0.05, 0) is 51.1 Å². The van der Waals surface area contributed by atoms with Gasteiger partial charge in [-0.2, -0.15) is 0 Å². The van der Waals surface area contributed by atoms with Gasteiger partial charge < -0.3 is 14.8 Å². The summed E-state index contributed by atoms with van der Waals surface area (Å²) in [5.41, 5.74) is 0.779. The summed E-state index contributed by atoms with van der Waals surface area (Å²) < 4.78 is 39.4. The van der Waals surface area contributed by atoms with Gasteiger partial charge in [-0.1, -0.05) is 0 Å². The molecule has 7 nitrogen and oxygen atoms in total. The fraction of sp³-hybridized carbons (Fsp3) is 0.316. The summed E-state index contributed by atoms with van der Waals surface area (Å²) in [4.78, 5) is 12.8. The van der Waals surface area contributed by atoms with E-state index in [-0.39, 0.29) is 21.7 Å². The third-order valence-electron chi connectivity index (χ3n) is 4.00. The summed E-state index contributed by atoms with van der Waals surface area (Å²) in [5.74, 6) is 0.792. The first kappa shape index (κ1) is 20.3. The summed E-state index contributed by atoms with van der Waals surface area (Å²) in [6.07, 6.45) is 0. The molecule has 0 radical (unpaired) electrons. The Kier molecular flexibility index (Phi) is 6.04. The van der Waals surface area contributed by atoms with Gasteiger partial charge in [-0.15, -0.1) is 11.8 Å². The minimum atomic E-state index is -3.90. The second-order valence-electron chi connectivity index (χ2n) is 6.04. The fourth-order valence-corrected chi connectivity index (χ4v) is 4.70. The molecular formula is C19H22N2O5S2. The molecule has 2 N–H and O–H groups in total. The second kappa shape index (κ2) is 8.32. The number of benzene rings is 2. The molecule has 2 aromatic rings. The minimum absolute atomic E-state index is 0.0472. The maximum Gasteiger partial charge on any atom is 0.262 e. The summed E-state index contributed by atoms with van der Waals surface area (Å²) >= 11 is 1.40. The Balaban J connectivity index is 1.93. The van der Waals surface area contributed by atoms with Crippen molar-refractivity contribution in [1.29, 1.82) is 0 Å². The van der Waals surface area contributed by atoms with E-state index in [1.54, 1.807) is 31.2 Å². The molecule has 1 unspecified atom stereocenters. The van der Waals surface area contributed by atoms with Crippen molar-refractivity contribution in [2.45, 2.75) is 35.8 Å². The highest BCUT2D eigenvalue weighted by Gasteiger charge is 2.25. The van der Waals surface area contributed by atoms with Crippen molar-refractivity contribution >= 4 is 39.1 Å². The van der Waals surface area contributed by atoms with Gasteiger partial charge in [0.2, 0.25) is 5.91 Å². The van der Waals surface area contributed by atoms with Crippen LogP contribution < -0.4 is 19.5 Å². The molecule has 0 aromatic heterocycles. The van der Waals surface area contributed by atoms with Crippen LogP contribution in [0.3, 0.4) is 0 Å². The SMILES string of the molecule is CCOc1ccc(OCC)c(NS(=O)(=O)c2ccc3c(c2)NC(=O)C(C)S3)c1. The van der Waals surface area contributed by atoms with Crippen LogP contribution in [0, 0.1) is 0 Å². The fourth-order valence-electron chi connectivity index (χ4n) is 2.69. The number of hydrogen-bond donors (Lipinski definition) is 2. The zero-order valence-corrected chi connectivity index (χ0v) is 17.4. The third kappa shape index (κ3) is 4.36. The summed E-state index contributed by atoms with van der Waals surface area (Å²) in [6, 6.07) is 9.65. The largest absolute Gasteiger partial charge is 0.494 e. The molecule has 1 aliphatic heterocycles. The molecule has 9 heteroatoms. The standard InChI is InChI=1S/C19H22N2O5S2/c1-4-25-13-6-8-17(26-5-2)15(10-13)21-28(23,24)14-7-9-18-16(11-14)20-19(22)12(3)27-18/h6-12,21H,4-5H2,1-3H3,(H,20,22). The number of rotatable bonds is 7. The molecule has 1 heterocycles. The van der Waals surface area contributed by atoms with E-state index in [0.29, 0.717) is 30.4 Å². The van der Waals surface area contributed by atoms with Gasteiger partial charge >= 0.3 is 0 Å². The third-order valence-corrected chi connectivity index (χ3v) is 6.54. The van der Waals surface area contributed by atoms with Gasteiger partial charge in [-0.25, -0.2) is 8.42 Å². The Bertz CT molecular complexity index is 992. The number of amides is 1. The molecule has 1 amide bonds. The zero-order chi connectivity index (χ0) is 20.3. The van der Waals surface area contributed by atoms with Crippen molar-refractivity contribution in [3.05, 3.63) is 36.4 Å². The average molecular weight is 423 g/mol. The van der Waals surface area contributed by atoms with Gasteiger partial charge in [-0.3, -0.25) is 9.52 Å². The van der Waals surface area contributed by atoms with Crippen molar-refractivity contribution in [1.82, 2.24) is 0 Å². The van der Waals surface area contributed by atoms with E-state index >= 15 is 0 Å². The Morgan fingerprint density at radius 3 is 2.57 bits per heavy atom. The van der Waals surface area contributed by atoms with E-state index in [0.717, 1.165) is 4.90 Å². The van der Waals surface area contributed by atoms with Crippen LogP contribution in [0.5, 0.6) is 11.5 Å². The highest BCUT2D eigenvalue weighted by molar-refractivity contribution is 8.01. The van der Waals surface area contributed by atoms with Crippen molar-refractivity contribution in [3.63, 3.8) is 0 Å². The van der Waals surface area contributed by atoms with Crippen molar-refractivity contribution in [2.75, 3.05) is 23.3 Å². The lowest BCUT2D eigenvalue weighted by molar-refractivity contribution is -0.115. The molecule has 28 heavy (non-hydrogen) atoms. The number of carbonyl (C=O) groups is 1. The summed E-state index contributed by atoms with van der Waals surface area (Å²) in [5, 5.41) is 2.53. The monoisotopic (exact) mass is 422 g/mol. The lowest BCUT2D eigenvalue weighted by Crippen LogP contribution is -2.26. The van der Waals surface area contributed by atoms with Crippen LogP contribution in [0.25, 0.3) is 0 Å². The van der Waals surface area contributed by atoms with Crippen LogP contribution in [0.2, 0.25) is 0 Å². The highest BCUT2D eigenvalue weighted by Crippen LogP contribution is 2.37. The Morgan fingerprint density at radius 1 is 1.11 bits per heavy atom. The summed E-state index contributed by atoms with van der Waals surface area (Å²) in [7, 11) is -3.90.